The molecule has 72 valence electrons. The van der Waals surface area contributed by atoms with Gasteiger partial charge in [0, 0.05) is 6.20 Å². The van der Waals surface area contributed by atoms with Crippen molar-refractivity contribution < 1.29 is 0 Å². The second-order valence-electron chi connectivity index (χ2n) is 3.75. The first-order valence-electron chi connectivity index (χ1n) is 4.81. The lowest BCUT2D eigenvalue weighted by Crippen LogP contribution is -2.21. The lowest BCUT2D eigenvalue weighted by atomic mass is 10.0. The van der Waals surface area contributed by atoms with Crippen LogP contribution in [0.1, 0.15) is 25.3 Å². The molecule has 1 aliphatic carbocycles. The van der Waals surface area contributed by atoms with Crippen LogP contribution in [0.15, 0.2) is 12.4 Å². The van der Waals surface area contributed by atoms with Gasteiger partial charge in [-0.15, -0.1) is 0 Å². The number of anilines is 1. The van der Waals surface area contributed by atoms with Crippen molar-refractivity contribution >= 4 is 5.69 Å². The average molecular weight is 180 g/mol. The fourth-order valence-electron chi connectivity index (χ4n) is 2.17. The summed E-state index contributed by atoms with van der Waals surface area (Å²) in [5.41, 5.74) is 12.1. The third-order valence-corrected chi connectivity index (χ3v) is 2.88. The van der Waals surface area contributed by atoms with E-state index in [2.05, 4.69) is 5.10 Å². The van der Waals surface area contributed by atoms with E-state index in [4.69, 9.17) is 11.5 Å². The topological polar surface area (TPSA) is 69.9 Å². The Kier molecular flexibility index (Phi) is 2.22. The van der Waals surface area contributed by atoms with Gasteiger partial charge in [-0.05, 0) is 25.3 Å². The van der Waals surface area contributed by atoms with Gasteiger partial charge in [0.1, 0.15) is 0 Å². The first-order chi connectivity index (χ1) is 6.31. The molecule has 0 saturated heterocycles. The van der Waals surface area contributed by atoms with Crippen molar-refractivity contribution in [2.75, 3.05) is 12.3 Å². The van der Waals surface area contributed by atoms with E-state index in [9.17, 15) is 0 Å². The Morgan fingerprint density at radius 2 is 2.38 bits per heavy atom. The number of hydrogen-bond acceptors (Lipinski definition) is 3. The maximum Gasteiger partial charge on any atom is 0.0719 e. The summed E-state index contributed by atoms with van der Waals surface area (Å²) in [6, 6.07) is 0.474. The Hall–Kier alpha value is -1.03. The molecule has 0 amide bonds. The second kappa shape index (κ2) is 3.38. The third kappa shape index (κ3) is 1.54. The van der Waals surface area contributed by atoms with Gasteiger partial charge in [0.15, 0.2) is 0 Å². The average Bonchev–Trinajstić information content (AvgIpc) is 2.71. The highest BCUT2D eigenvalue weighted by Gasteiger charge is 2.27. The van der Waals surface area contributed by atoms with Crippen molar-refractivity contribution in [2.24, 2.45) is 11.7 Å². The van der Waals surface area contributed by atoms with Crippen LogP contribution in [0.25, 0.3) is 0 Å². The van der Waals surface area contributed by atoms with E-state index in [1.165, 1.54) is 19.3 Å². The van der Waals surface area contributed by atoms with Gasteiger partial charge in [-0.25, -0.2) is 0 Å². The first kappa shape index (κ1) is 8.56. The SMILES string of the molecule is NCC1CCCC1n1cc(N)cn1. The van der Waals surface area contributed by atoms with E-state index in [1.54, 1.807) is 6.20 Å². The number of nitrogens with zero attached hydrogens (tertiary/aromatic N) is 2. The molecule has 1 fully saturated rings. The molecule has 0 aliphatic heterocycles. The van der Waals surface area contributed by atoms with Gasteiger partial charge in [-0.1, -0.05) is 6.42 Å². The summed E-state index contributed by atoms with van der Waals surface area (Å²) in [5, 5.41) is 4.23. The minimum atomic E-state index is 0.474. The molecule has 1 aliphatic rings. The molecular formula is C9H16N4. The maximum absolute atomic E-state index is 5.70. The molecule has 1 aromatic heterocycles. The molecule has 1 heterocycles. The van der Waals surface area contributed by atoms with E-state index in [-0.39, 0.29) is 0 Å². The molecule has 4 nitrogen and oxygen atoms in total. The zero-order valence-corrected chi connectivity index (χ0v) is 7.69. The molecule has 4 N–H and O–H groups in total. The number of rotatable bonds is 2. The molecule has 2 atom stereocenters. The van der Waals surface area contributed by atoms with Crippen molar-refractivity contribution in [1.29, 1.82) is 0 Å². The molecule has 0 bridgehead atoms. The molecule has 2 unspecified atom stereocenters. The quantitative estimate of drug-likeness (QED) is 0.706. The summed E-state index contributed by atoms with van der Waals surface area (Å²) >= 11 is 0. The Morgan fingerprint density at radius 1 is 1.54 bits per heavy atom. The van der Waals surface area contributed by atoms with Crippen molar-refractivity contribution in [3.63, 3.8) is 0 Å². The van der Waals surface area contributed by atoms with Crippen molar-refractivity contribution in [3.05, 3.63) is 12.4 Å². The Bertz CT molecular complexity index is 281. The summed E-state index contributed by atoms with van der Waals surface area (Å²) < 4.78 is 1.97. The maximum atomic E-state index is 5.70. The number of nitrogens with two attached hydrogens (primary N) is 2. The normalized spacial score (nSPS) is 28.1. The first-order valence-corrected chi connectivity index (χ1v) is 4.81. The van der Waals surface area contributed by atoms with E-state index >= 15 is 0 Å². The lowest BCUT2D eigenvalue weighted by molar-refractivity contribution is 0.358. The van der Waals surface area contributed by atoms with Gasteiger partial charge in [0.25, 0.3) is 0 Å². The Labute approximate surface area is 77.9 Å². The van der Waals surface area contributed by atoms with E-state index in [1.807, 2.05) is 10.9 Å². The minimum absolute atomic E-state index is 0.474. The van der Waals surface area contributed by atoms with Crippen molar-refractivity contribution in [2.45, 2.75) is 25.3 Å². The largest absolute Gasteiger partial charge is 0.396 e. The molecule has 2 rings (SSSR count). The van der Waals surface area contributed by atoms with Crippen LogP contribution in [-0.4, -0.2) is 16.3 Å². The van der Waals surface area contributed by atoms with Crippen LogP contribution in [0.4, 0.5) is 5.69 Å². The molecule has 0 aromatic carbocycles. The molecular weight excluding hydrogens is 164 g/mol. The van der Waals surface area contributed by atoms with E-state index < -0.39 is 0 Å². The van der Waals surface area contributed by atoms with Gasteiger partial charge in [-0.2, -0.15) is 5.10 Å². The van der Waals surface area contributed by atoms with Crippen LogP contribution < -0.4 is 11.5 Å². The Balaban J connectivity index is 2.15. The van der Waals surface area contributed by atoms with Crippen LogP contribution in [-0.2, 0) is 0 Å². The summed E-state index contributed by atoms with van der Waals surface area (Å²) in [5.74, 6) is 0.583. The summed E-state index contributed by atoms with van der Waals surface area (Å²) in [6.45, 7) is 0.754. The molecule has 1 aromatic rings. The monoisotopic (exact) mass is 180 g/mol. The standard InChI is InChI=1S/C9H16N4/c10-4-7-2-1-3-9(7)13-6-8(11)5-12-13/h5-7,9H,1-4,10-11H2. The zero-order valence-electron chi connectivity index (χ0n) is 7.69. The van der Waals surface area contributed by atoms with E-state index in [0.29, 0.717) is 12.0 Å². The Morgan fingerprint density at radius 3 is 3.00 bits per heavy atom. The smallest absolute Gasteiger partial charge is 0.0719 e. The van der Waals surface area contributed by atoms with Crippen LogP contribution >= 0.6 is 0 Å². The highest BCUT2D eigenvalue weighted by molar-refractivity contribution is 5.30. The fourth-order valence-corrected chi connectivity index (χ4v) is 2.17. The fraction of sp³-hybridized carbons (Fsp3) is 0.667. The van der Waals surface area contributed by atoms with E-state index in [0.717, 1.165) is 12.2 Å². The third-order valence-electron chi connectivity index (χ3n) is 2.88. The van der Waals surface area contributed by atoms with Gasteiger partial charge >= 0.3 is 0 Å². The van der Waals surface area contributed by atoms with Gasteiger partial charge in [0.2, 0.25) is 0 Å². The van der Waals surface area contributed by atoms with Crippen LogP contribution in [0.5, 0.6) is 0 Å². The van der Waals surface area contributed by atoms with Crippen LogP contribution in [0.3, 0.4) is 0 Å². The lowest BCUT2D eigenvalue weighted by Gasteiger charge is -2.17. The zero-order chi connectivity index (χ0) is 9.26. The van der Waals surface area contributed by atoms with Gasteiger partial charge < -0.3 is 11.5 Å². The molecule has 0 radical (unpaired) electrons. The predicted octanol–water partition coefficient (Wildman–Crippen LogP) is 0.765. The highest BCUT2D eigenvalue weighted by atomic mass is 15.3. The second-order valence-corrected chi connectivity index (χ2v) is 3.75. The van der Waals surface area contributed by atoms with Crippen molar-refractivity contribution in [3.8, 4) is 0 Å². The summed E-state index contributed by atoms with van der Waals surface area (Å²) in [4.78, 5) is 0. The highest BCUT2D eigenvalue weighted by Crippen LogP contribution is 2.34. The summed E-state index contributed by atoms with van der Waals surface area (Å²) in [7, 11) is 0. The van der Waals surface area contributed by atoms with Crippen LogP contribution in [0.2, 0.25) is 0 Å². The number of aromatic nitrogens is 2. The number of hydrogen-bond donors (Lipinski definition) is 2. The molecule has 1 saturated carbocycles. The molecule has 13 heavy (non-hydrogen) atoms. The molecule has 0 spiro atoms. The van der Waals surface area contributed by atoms with Crippen LogP contribution in [0, 0.1) is 5.92 Å². The number of nitrogen functional groups attached to an aromatic ring is 1. The minimum Gasteiger partial charge on any atom is -0.396 e. The van der Waals surface area contributed by atoms with Crippen molar-refractivity contribution in [1.82, 2.24) is 9.78 Å². The van der Waals surface area contributed by atoms with Gasteiger partial charge in [-0.3, -0.25) is 4.68 Å². The summed E-state index contributed by atoms with van der Waals surface area (Å²) in [6.07, 6.45) is 7.26. The van der Waals surface area contributed by atoms with Gasteiger partial charge in [0.05, 0.1) is 17.9 Å². The molecule has 4 heteroatoms. The predicted molar refractivity (Wildman–Crippen MR) is 52.1 cm³/mol.